The third-order valence-electron chi connectivity index (χ3n) is 6.09. The standard InChI is InChI=1S/C23H23FN4O3/c24-17-8-11-20-16(12-17)13-27(23(29)30)14-21-25-26-22(28(20)21)15-6-9-19(10-7-15)31-18-4-2-1-3-5-18/h1-5,8,11-12,15,19H,6-7,9-10,13-14H2,(H,29,30). The van der Waals surface area contributed by atoms with Crippen LogP contribution in [-0.4, -0.2) is 37.0 Å². The minimum Gasteiger partial charge on any atom is -0.490 e. The van der Waals surface area contributed by atoms with Gasteiger partial charge in [-0.15, -0.1) is 10.2 Å². The minimum absolute atomic E-state index is 0.114. The number of aromatic nitrogens is 3. The van der Waals surface area contributed by atoms with Crippen LogP contribution in [-0.2, 0) is 13.1 Å². The maximum Gasteiger partial charge on any atom is 0.408 e. The fourth-order valence-electron chi connectivity index (χ4n) is 4.56. The lowest BCUT2D eigenvalue weighted by atomic mass is 9.86. The summed E-state index contributed by atoms with van der Waals surface area (Å²) < 4.78 is 22.0. The first-order chi connectivity index (χ1) is 15.1. The second kappa shape index (κ2) is 8.02. The maximum absolute atomic E-state index is 13.9. The molecule has 1 fully saturated rings. The van der Waals surface area contributed by atoms with E-state index in [1.54, 1.807) is 6.07 Å². The largest absolute Gasteiger partial charge is 0.490 e. The molecule has 1 N–H and O–H groups in total. The molecule has 1 saturated carbocycles. The highest BCUT2D eigenvalue weighted by Gasteiger charge is 2.32. The molecule has 1 aliphatic carbocycles. The topological polar surface area (TPSA) is 80.5 Å². The van der Waals surface area contributed by atoms with Gasteiger partial charge in [-0.25, -0.2) is 9.18 Å². The van der Waals surface area contributed by atoms with Crippen LogP contribution in [0.15, 0.2) is 48.5 Å². The molecule has 1 aromatic heterocycles. The summed E-state index contributed by atoms with van der Waals surface area (Å²) in [5.41, 5.74) is 1.37. The van der Waals surface area contributed by atoms with Crippen LogP contribution in [0.3, 0.4) is 0 Å². The second-order valence-corrected chi connectivity index (χ2v) is 8.13. The van der Waals surface area contributed by atoms with Gasteiger partial charge in [0.1, 0.15) is 17.4 Å². The van der Waals surface area contributed by atoms with Crippen molar-refractivity contribution >= 4 is 6.09 Å². The van der Waals surface area contributed by atoms with Crippen molar-refractivity contribution in [2.45, 2.75) is 50.8 Å². The van der Waals surface area contributed by atoms with Crippen LogP contribution in [0.5, 0.6) is 5.75 Å². The van der Waals surface area contributed by atoms with Gasteiger partial charge in [-0.1, -0.05) is 18.2 Å². The minimum atomic E-state index is -1.06. The third-order valence-corrected chi connectivity index (χ3v) is 6.09. The van der Waals surface area contributed by atoms with E-state index >= 15 is 0 Å². The lowest BCUT2D eigenvalue weighted by Gasteiger charge is -2.29. The molecule has 1 amide bonds. The van der Waals surface area contributed by atoms with E-state index in [4.69, 9.17) is 4.74 Å². The van der Waals surface area contributed by atoms with Crippen molar-refractivity contribution in [1.29, 1.82) is 0 Å². The van der Waals surface area contributed by atoms with E-state index < -0.39 is 6.09 Å². The number of carboxylic acid groups (broad SMARTS) is 1. The maximum atomic E-state index is 13.9. The summed E-state index contributed by atoms with van der Waals surface area (Å²) in [4.78, 5) is 12.9. The van der Waals surface area contributed by atoms with Crippen LogP contribution in [0.1, 0.15) is 48.8 Å². The zero-order chi connectivity index (χ0) is 21.4. The van der Waals surface area contributed by atoms with E-state index in [-0.39, 0.29) is 30.9 Å². The first kappa shape index (κ1) is 19.5. The molecule has 31 heavy (non-hydrogen) atoms. The molecule has 160 valence electrons. The Hall–Kier alpha value is -3.42. The number of benzene rings is 2. The Morgan fingerprint density at radius 1 is 1.03 bits per heavy atom. The van der Waals surface area contributed by atoms with E-state index in [2.05, 4.69) is 10.2 Å². The Morgan fingerprint density at radius 3 is 2.55 bits per heavy atom. The fraction of sp³-hybridized carbons (Fsp3) is 0.348. The molecule has 0 saturated heterocycles. The fourth-order valence-corrected chi connectivity index (χ4v) is 4.56. The summed E-state index contributed by atoms with van der Waals surface area (Å²) in [6.07, 6.45) is 2.70. The highest BCUT2D eigenvalue weighted by atomic mass is 19.1. The zero-order valence-corrected chi connectivity index (χ0v) is 16.9. The first-order valence-corrected chi connectivity index (χ1v) is 10.5. The highest BCUT2D eigenvalue weighted by molar-refractivity contribution is 5.65. The monoisotopic (exact) mass is 422 g/mol. The molecule has 1 aliphatic heterocycles. The number of para-hydroxylation sites is 1. The lowest BCUT2D eigenvalue weighted by Crippen LogP contribution is -2.28. The number of rotatable bonds is 3. The van der Waals surface area contributed by atoms with E-state index in [1.165, 1.54) is 17.0 Å². The van der Waals surface area contributed by atoms with Gasteiger partial charge in [0, 0.05) is 5.92 Å². The Bertz CT molecular complexity index is 1090. The Labute approximate surface area is 179 Å². The first-order valence-electron chi connectivity index (χ1n) is 10.5. The van der Waals surface area contributed by atoms with Crippen LogP contribution < -0.4 is 4.74 Å². The van der Waals surface area contributed by atoms with E-state index in [9.17, 15) is 14.3 Å². The molecule has 2 aromatic carbocycles. The van der Waals surface area contributed by atoms with Crippen molar-refractivity contribution in [1.82, 2.24) is 19.7 Å². The average Bonchev–Trinajstić information content (AvgIpc) is 3.10. The number of fused-ring (bicyclic) bond motifs is 3. The van der Waals surface area contributed by atoms with Gasteiger partial charge in [0.15, 0.2) is 5.82 Å². The molecule has 5 rings (SSSR count). The third kappa shape index (κ3) is 3.85. The molecule has 3 aromatic rings. The summed E-state index contributed by atoms with van der Waals surface area (Å²) in [6, 6.07) is 14.3. The summed E-state index contributed by atoms with van der Waals surface area (Å²) in [6.45, 7) is 0.230. The predicted octanol–water partition coefficient (Wildman–Crippen LogP) is 4.51. The Balaban J connectivity index is 1.41. The number of amides is 1. The average molecular weight is 422 g/mol. The molecule has 0 spiro atoms. The van der Waals surface area contributed by atoms with Crippen molar-refractivity contribution in [3.63, 3.8) is 0 Å². The Morgan fingerprint density at radius 2 is 1.81 bits per heavy atom. The van der Waals surface area contributed by atoms with E-state index in [0.717, 1.165) is 42.9 Å². The molecular weight excluding hydrogens is 399 g/mol. The molecule has 7 nitrogen and oxygen atoms in total. The smallest absolute Gasteiger partial charge is 0.408 e. The molecule has 2 aliphatic rings. The van der Waals surface area contributed by atoms with Crippen molar-refractivity contribution in [2.75, 3.05) is 0 Å². The SMILES string of the molecule is O=C(O)N1Cc2cc(F)ccc2-n2c(nnc2C2CCC(Oc3ccccc3)CC2)C1. The van der Waals surface area contributed by atoms with Crippen LogP contribution in [0.4, 0.5) is 9.18 Å². The van der Waals surface area contributed by atoms with Crippen LogP contribution in [0.2, 0.25) is 0 Å². The number of ether oxygens (including phenoxy) is 1. The summed E-state index contributed by atoms with van der Waals surface area (Å²) in [5, 5.41) is 18.3. The molecule has 0 radical (unpaired) electrons. The molecule has 2 heterocycles. The van der Waals surface area contributed by atoms with Gasteiger partial charge in [0.05, 0.1) is 24.9 Å². The summed E-state index contributed by atoms with van der Waals surface area (Å²) in [7, 11) is 0. The normalized spacial score (nSPS) is 20.5. The summed E-state index contributed by atoms with van der Waals surface area (Å²) in [5.74, 6) is 2.05. The van der Waals surface area contributed by atoms with Gasteiger partial charge in [0.2, 0.25) is 0 Å². The number of hydrogen-bond donors (Lipinski definition) is 1. The quantitative estimate of drug-likeness (QED) is 0.672. The van der Waals surface area contributed by atoms with Crippen molar-refractivity contribution in [3.05, 3.63) is 71.6 Å². The van der Waals surface area contributed by atoms with Gasteiger partial charge >= 0.3 is 6.09 Å². The van der Waals surface area contributed by atoms with Crippen LogP contribution >= 0.6 is 0 Å². The molecule has 0 bridgehead atoms. The van der Waals surface area contributed by atoms with Gasteiger partial charge in [-0.2, -0.15) is 0 Å². The van der Waals surface area contributed by atoms with Gasteiger partial charge in [-0.3, -0.25) is 9.47 Å². The summed E-state index contributed by atoms with van der Waals surface area (Å²) >= 11 is 0. The zero-order valence-electron chi connectivity index (χ0n) is 16.9. The van der Waals surface area contributed by atoms with E-state index in [1.807, 2.05) is 34.9 Å². The van der Waals surface area contributed by atoms with Crippen molar-refractivity contribution in [3.8, 4) is 11.4 Å². The number of nitrogens with zero attached hydrogens (tertiary/aromatic N) is 4. The molecule has 8 heteroatoms. The van der Waals surface area contributed by atoms with Gasteiger partial charge in [0.25, 0.3) is 0 Å². The van der Waals surface area contributed by atoms with Crippen LogP contribution in [0.25, 0.3) is 5.69 Å². The number of carbonyl (C=O) groups is 1. The van der Waals surface area contributed by atoms with Gasteiger partial charge in [-0.05, 0) is 61.6 Å². The molecular formula is C23H23FN4O3. The highest BCUT2D eigenvalue weighted by Crippen LogP contribution is 2.36. The predicted molar refractivity (Wildman–Crippen MR) is 111 cm³/mol. The molecule has 0 unspecified atom stereocenters. The van der Waals surface area contributed by atoms with Crippen LogP contribution in [0, 0.1) is 5.82 Å². The van der Waals surface area contributed by atoms with Crippen molar-refractivity contribution in [2.24, 2.45) is 0 Å². The lowest BCUT2D eigenvalue weighted by molar-refractivity contribution is 0.138. The number of halogens is 1. The van der Waals surface area contributed by atoms with Crippen molar-refractivity contribution < 1.29 is 19.0 Å². The number of hydrogen-bond acceptors (Lipinski definition) is 4. The van der Waals surface area contributed by atoms with E-state index in [0.29, 0.717) is 11.4 Å². The second-order valence-electron chi connectivity index (χ2n) is 8.13. The Kier molecular flexibility index (Phi) is 5.05. The van der Waals surface area contributed by atoms with Gasteiger partial charge < -0.3 is 9.84 Å². The molecule has 0 atom stereocenters.